The number of amides is 1. The minimum absolute atomic E-state index is 0.164. The van der Waals surface area contributed by atoms with E-state index < -0.39 is 5.92 Å². The van der Waals surface area contributed by atoms with Crippen molar-refractivity contribution in [2.45, 2.75) is 32.4 Å². The maximum absolute atomic E-state index is 13.8. The lowest BCUT2D eigenvalue weighted by Gasteiger charge is -2.27. The molecule has 1 amide bonds. The van der Waals surface area contributed by atoms with Crippen molar-refractivity contribution in [3.05, 3.63) is 124 Å². The lowest BCUT2D eigenvalue weighted by molar-refractivity contribution is -0.116. The first-order valence-corrected chi connectivity index (χ1v) is 13.4. The molecular formula is C31H30N2O3S. The van der Waals surface area contributed by atoms with E-state index in [1.54, 1.807) is 6.92 Å². The van der Waals surface area contributed by atoms with Crippen molar-refractivity contribution in [3.63, 3.8) is 0 Å². The second-order valence-electron chi connectivity index (χ2n) is 9.12. The highest BCUT2D eigenvalue weighted by atomic mass is 32.1. The van der Waals surface area contributed by atoms with Gasteiger partial charge >= 0.3 is 5.97 Å². The zero-order valence-electron chi connectivity index (χ0n) is 20.9. The van der Waals surface area contributed by atoms with Crippen molar-refractivity contribution in [3.8, 4) is 0 Å². The third-order valence-corrected chi connectivity index (χ3v) is 7.76. The molecule has 0 fully saturated rings. The van der Waals surface area contributed by atoms with E-state index in [0.717, 1.165) is 47.6 Å². The molecule has 0 unspecified atom stereocenters. The molecule has 37 heavy (non-hydrogen) atoms. The van der Waals surface area contributed by atoms with Crippen molar-refractivity contribution in [1.29, 1.82) is 0 Å². The highest BCUT2D eigenvalue weighted by molar-refractivity contribution is 7.17. The molecule has 4 aromatic rings. The largest absolute Gasteiger partial charge is 0.462 e. The number of nitrogens with zero attached hydrogens (tertiary/aromatic N) is 1. The number of carbonyl (C=O) groups excluding carboxylic acids is 2. The molecule has 0 saturated heterocycles. The maximum Gasteiger partial charge on any atom is 0.341 e. The number of ether oxygens (including phenoxy) is 1. The molecule has 188 valence electrons. The fourth-order valence-corrected chi connectivity index (χ4v) is 6.19. The lowest BCUT2D eigenvalue weighted by Crippen LogP contribution is -2.30. The molecule has 0 spiro atoms. The lowest BCUT2D eigenvalue weighted by atomic mass is 9.90. The van der Waals surface area contributed by atoms with Gasteiger partial charge in [0.05, 0.1) is 18.1 Å². The van der Waals surface area contributed by atoms with E-state index in [-0.39, 0.29) is 18.5 Å². The summed E-state index contributed by atoms with van der Waals surface area (Å²) in [7, 11) is 0. The number of fused-ring (bicyclic) bond motifs is 1. The molecule has 1 aliphatic rings. The fourth-order valence-electron chi connectivity index (χ4n) is 4.91. The summed E-state index contributed by atoms with van der Waals surface area (Å²) in [5.41, 5.74) is 4.57. The number of benzene rings is 3. The van der Waals surface area contributed by atoms with Crippen LogP contribution in [-0.2, 0) is 29.0 Å². The molecule has 3 aromatic carbocycles. The fraction of sp³-hybridized carbons (Fsp3) is 0.226. The zero-order chi connectivity index (χ0) is 25.6. The summed E-state index contributed by atoms with van der Waals surface area (Å²) in [5.74, 6) is -1.03. The molecular weight excluding hydrogens is 480 g/mol. The number of hydrogen-bond acceptors (Lipinski definition) is 5. The number of hydrogen-bond donors (Lipinski definition) is 1. The Hall–Kier alpha value is -3.74. The minimum atomic E-state index is -0.494. The smallest absolute Gasteiger partial charge is 0.341 e. The van der Waals surface area contributed by atoms with Gasteiger partial charge in [-0.05, 0) is 35.6 Å². The third kappa shape index (κ3) is 5.66. The Morgan fingerprint density at radius 1 is 0.919 bits per heavy atom. The van der Waals surface area contributed by atoms with E-state index in [1.807, 2.05) is 66.7 Å². The average molecular weight is 511 g/mol. The standard InChI is InChI=1S/C31H30N2O3S/c1-2-36-31(35)28-25-18-19-33(20-22-12-6-3-7-13-22)21-26(25)37-30(28)32-29(34)27(23-14-8-4-9-15-23)24-16-10-5-11-17-24/h3-17,27H,2,18-21H2,1H3,(H,32,34). The number of nitrogens with one attached hydrogen (secondary N) is 1. The number of esters is 1. The van der Waals surface area contributed by atoms with Crippen molar-refractivity contribution in [1.82, 2.24) is 4.90 Å². The van der Waals surface area contributed by atoms with Crippen LogP contribution in [0.25, 0.3) is 0 Å². The van der Waals surface area contributed by atoms with Crippen LogP contribution in [0.3, 0.4) is 0 Å². The first-order valence-electron chi connectivity index (χ1n) is 12.6. The van der Waals surface area contributed by atoms with Crippen LogP contribution in [0.4, 0.5) is 5.00 Å². The van der Waals surface area contributed by atoms with Gasteiger partial charge in [-0.1, -0.05) is 91.0 Å². The van der Waals surface area contributed by atoms with Gasteiger partial charge in [0.2, 0.25) is 5.91 Å². The number of thiophene rings is 1. The van der Waals surface area contributed by atoms with E-state index in [1.165, 1.54) is 16.9 Å². The van der Waals surface area contributed by atoms with Crippen molar-refractivity contribution in [2.75, 3.05) is 18.5 Å². The minimum Gasteiger partial charge on any atom is -0.462 e. The summed E-state index contributed by atoms with van der Waals surface area (Å²) < 4.78 is 5.43. The van der Waals surface area contributed by atoms with E-state index >= 15 is 0 Å². The van der Waals surface area contributed by atoms with Crippen LogP contribution >= 0.6 is 11.3 Å². The second kappa shape index (κ2) is 11.5. The Kier molecular flexibility index (Phi) is 7.78. The Balaban J connectivity index is 1.45. The topological polar surface area (TPSA) is 58.6 Å². The first kappa shape index (κ1) is 24.9. The van der Waals surface area contributed by atoms with Crippen LogP contribution in [0.1, 0.15) is 50.3 Å². The zero-order valence-corrected chi connectivity index (χ0v) is 21.7. The summed E-state index contributed by atoms with van der Waals surface area (Å²) in [6.45, 7) is 4.51. The van der Waals surface area contributed by atoms with Crippen molar-refractivity contribution in [2.24, 2.45) is 0 Å². The summed E-state index contributed by atoms with van der Waals surface area (Å²) in [6, 6.07) is 29.9. The number of rotatable bonds is 8. The van der Waals surface area contributed by atoms with Gasteiger partial charge in [0.15, 0.2) is 0 Å². The summed E-state index contributed by atoms with van der Waals surface area (Å²) in [6.07, 6.45) is 0.740. The van der Waals surface area contributed by atoms with E-state index in [9.17, 15) is 9.59 Å². The Morgan fingerprint density at radius 2 is 1.51 bits per heavy atom. The normalized spacial score (nSPS) is 13.2. The highest BCUT2D eigenvalue weighted by Gasteiger charge is 2.31. The van der Waals surface area contributed by atoms with Gasteiger partial charge in [-0.2, -0.15) is 0 Å². The van der Waals surface area contributed by atoms with Gasteiger partial charge in [-0.15, -0.1) is 11.3 Å². The average Bonchev–Trinajstić information content (AvgIpc) is 3.28. The molecule has 5 rings (SSSR count). The van der Waals surface area contributed by atoms with E-state index in [4.69, 9.17) is 4.74 Å². The first-order chi connectivity index (χ1) is 18.1. The van der Waals surface area contributed by atoms with E-state index in [2.05, 4.69) is 34.5 Å². The summed E-state index contributed by atoms with van der Waals surface area (Å²) in [5, 5.41) is 3.70. The molecule has 0 bridgehead atoms. The van der Waals surface area contributed by atoms with Crippen LogP contribution in [0, 0.1) is 0 Å². The van der Waals surface area contributed by atoms with Crippen LogP contribution in [0.2, 0.25) is 0 Å². The molecule has 6 heteroatoms. The molecule has 2 heterocycles. The van der Waals surface area contributed by atoms with Gasteiger partial charge in [0.25, 0.3) is 0 Å². The predicted molar refractivity (Wildman–Crippen MR) is 148 cm³/mol. The van der Waals surface area contributed by atoms with Gasteiger partial charge in [0.1, 0.15) is 5.00 Å². The van der Waals surface area contributed by atoms with Crippen molar-refractivity contribution < 1.29 is 14.3 Å². The molecule has 1 aromatic heterocycles. The van der Waals surface area contributed by atoms with Crippen molar-refractivity contribution >= 4 is 28.2 Å². The number of anilines is 1. The summed E-state index contributed by atoms with van der Waals surface area (Å²) >= 11 is 1.49. The Bertz CT molecular complexity index is 1310. The second-order valence-corrected chi connectivity index (χ2v) is 10.2. The predicted octanol–water partition coefficient (Wildman–Crippen LogP) is 6.25. The highest BCUT2D eigenvalue weighted by Crippen LogP contribution is 2.39. The Labute approximate surface area is 221 Å². The molecule has 0 aliphatic carbocycles. The van der Waals surface area contributed by atoms with Gasteiger partial charge in [-0.3, -0.25) is 9.69 Å². The summed E-state index contributed by atoms with van der Waals surface area (Å²) in [4.78, 5) is 30.4. The Morgan fingerprint density at radius 3 is 2.11 bits per heavy atom. The molecule has 0 radical (unpaired) electrons. The quantitative estimate of drug-likeness (QED) is 0.285. The van der Waals surface area contributed by atoms with Crippen LogP contribution < -0.4 is 5.32 Å². The maximum atomic E-state index is 13.8. The SMILES string of the molecule is CCOC(=O)c1c(NC(=O)C(c2ccccc2)c2ccccc2)sc2c1CCN(Cc1ccccc1)C2. The third-order valence-electron chi connectivity index (χ3n) is 6.63. The van der Waals surface area contributed by atoms with Gasteiger partial charge in [-0.25, -0.2) is 4.79 Å². The molecule has 5 nitrogen and oxygen atoms in total. The molecule has 0 saturated carbocycles. The van der Waals surface area contributed by atoms with Gasteiger partial charge < -0.3 is 10.1 Å². The molecule has 1 N–H and O–H groups in total. The van der Waals surface area contributed by atoms with Crippen LogP contribution in [0.15, 0.2) is 91.0 Å². The van der Waals surface area contributed by atoms with Gasteiger partial charge in [0, 0.05) is 24.5 Å². The van der Waals surface area contributed by atoms with E-state index in [0.29, 0.717) is 10.6 Å². The van der Waals surface area contributed by atoms with Crippen LogP contribution in [0.5, 0.6) is 0 Å². The van der Waals surface area contributed by atoms with Crippen LogP contribution in [-0.4, -0.2) is 29.9 Å². The molecule has 1 aliphatic heterocycles. The monoisotopic (exact) mass is 510 g/mol. The molecule has 0 atom stereocenters. The number of carbonyl (C=O) groups is 2.